The van der Waals surface area contributed by atoms with Gasteiger partial charge in [-0.2, -0.15) is 0 Å². The number of nitrogens with zero attached hydrogens (tertiary/aromatic N) is 1. The summed E-state index contributed by atoms with van der Waals surface area (Å²) in [5.41, 5.74) is 2.40. The Bertz CT molecular complexity index is 1950. The topological polar surface area (TPSA) is 225 Å². The van der Waals surface area contributed by atoms with Gasteiger partial charge < -0.3 is 37.0 Å². The van der Waals surface area contributed by atoms with Gasteiger partial charge in [-0.05, 0) is 106 Å². The van der Waals surface area contributed by atoms with Gasteiger partial charge in [-0.1, -0.05) is 55.7 Å². The van der Waals surface area contributed by atoms with E-state index >= 15 is 0 Å². The van der Waals surface area contributed by atoms with Crippen LogP contribution in [0.4, 0.5) is 16.2 Å². The molecule has 15 heteroatoms. The summed E-state index contributed by atoms with van der Waals surface area (Å²) in [6, 6.07) is 15.0. The van der Waals surface area contributed by atoms with Gasteiger partial charge in [-0.25, -0.2) is 4.79 Å². The van der Waals surface area contributed by atoms with E-state index in [4.69, 9.17) is 0 Å². The van der Waals surface area contributed by atoms with Gasteiger partial charge in [-0.3, -0.25) is 33.8 Å². The molecule has 0 spiro atoms. The molecular weight excluding hydrogens is 755 g/mol. The number of para-hydroxylation sites is 1. The number of rotatable bonds is 21. The second kappa shape index (κ2) is 23.1. The van der Waals surface area contributed by atoms with Gasteiger partial charge in [0, 0.05) is 42.8 Å². The average molecular weight is 810 g/mol. The highest BCUT2D eigenvalue weighted by molar-refractivity contribution is 6.00. The van der Waals surface area contributed by atoms with Gasteiger partial charge in [0.2, 0.25) is 23.6 Å². The summed E-state index contributed by atoms with van der Waals surface area (Å²) in [6.07, 6.45) is 10.5. The van der Waals surface area contributed by atoms with Crippen LogP contribution in [-0.2, 0) is 35.2 Å². The lowest BCUT2D eigenvalue weighted by atomic mass is 9.78. The van der Waals surface area contributed by atoms with Crippen LogP contribution in [0.25, 0.3) is 6.08 Å². The van der Waals surface area contributed by atoms with Crippen molar-refractivity contribution in [1.82, 2.24) is 26.3 Å². The number of benzene rings is 2. The van der Waals surface area contributed by atoms with Crippen LogP contribution < -0.4 is 31.9 Å². The maximum Gasteiger partial charge on any atom is 0.323 e. The molecule has 59 heavy (non-hydrogen) atoms. The maximum absolute atomic E-state index is 13.9. The first-order valence-electron chi connectivity index (χ1n) is 20.1. The van der Waals surface area contributed by atoms with Crippen LogP contribution in [0.5, 0.6) is 0 Å². The van der Waals surface area contributed by atoms with E-state index in [1.54, 1.807) is 54.9 Å². The largest absolute Gasteiger partial charge is 0.481 e. The molecule has 6 amide bonds. The number of nitrogens with one attached hydrogen (secondary N) is 6. The Kier molecular flexibility index (Phi) is 17.8. The van der Waals surface area contributed by atoms with Crippen LogP contribution in [-0.4, -0.2) is 75.7 Å². The lowest BCUT2D eigenvalue weighted by Crippen LogP contribution is -2.60. The number of anilines is 2. The molecule has 1 aliphatic rings. The van der Waals surface area contributed by atoms with Crippen LogP contribution in [0.1, 0.15) is 94.2 Å². The summed E-state index contributed by atoms with van der Waals surface area (Å²) in [5.74, 6) is -3.24. The minimum Gasteiger partial charge on any atom is -0.481 e. The third kappa shape index (κ3) is 15.5. The molecule has 0 unspecified atom stereocenters. The summed E-state index contributed by atoms with van der Waals surface area (Å²) in [6.45, 7) is 3.62. The lowest BCUT2D eigenvalue weighted by molar-refractivity contribution is -0.138. The molecule has 15 nitrogen and oxygen atoms in total. The normalized spacial score (nSPS) is 14.3. The Morgan fingerprint density at radius 2 is 1.53 bits per heavy atom. The van der Waals surface area contributed by atoms with Crippen LogP contribution in [0.3, 0.4) is 0 Å². The predicted octanol–water partition coefficient (Wildman–Crippen LogP) is 5.21. The highest BCUT2D eigenvalue weighted by Gasteiger charge is 2.40. The van der Waals surface area contributed by atoms with Gasteiger partial charge in [0.15, 0.2) is 5.78 Å². The molecule has 2 aromatic carbocycles. The van der Waals surface area contributed by atoms with Gasteiger partial charge in [-0.15, -0.1) is 0 Å². The number of urea groups is 1. The molecular formula is C44H55N7O8. The third-order valence-corrected chi connectivity index (χ3v) is 10.2. The summed E-state index contributed by atoms with van der Waals surface area (Å²) in [4.78, 5) is 94.1. The smallest absolute Gasteiger partial charge is 0.323 e. The summed E-state index contributed by atoms with van der Waals surface area (Å²) >= 11 is 0. The number of aliphatic carboxylic acids is 1. The number of amides is 6. The van der Waals surface area contributed by atoms with E-state index in [1.807, 2.05) is 31.2 Å². The molecule has 0 aliphatic heterocycles. The van der Waals surface area contributed by atoms with E-state index in [-0.39, 0.29) is 43.8 Å². The molecule has 1 aromatic heterocycles. The van der Waals surface area contributed by atoms with Crippen molar-refractivity contribution in [2.75, 3.05) is 17.2 Å². The Hall–Kier alpha value is -6.38. The molecule has 0 radical (unpaired) electrons. The quantitative estimate of drug-likeness (QED) is 0.0553. The number of carbonyl (C=O) groups excluding carboxylic acids is 6. The SMILES string of the molecule is CC(=O)C1(NC(=O)[C@H](CCCC(=O)O)NC(=O)[C@H](CCCCNC(=O)/C=C/c2cccnc2)NC(=O)Cc2ccc(NC(=O)Nc3ccccc3C)cc2)CCCCC1. The molecule has 0 bridgehead atoms. The summed E-state index contributed by atoms with van der Waals surface area (Å²) in [5, 5.41) is 26.1. The summed E-state index contributed by atoms with van der Waals surface area (Å²) in [7, 11) is 0. The number of aryl methyl sites for hydroxylation is 1. The van der Waals surface area contributed by atoms with Gasteiger partial charge in [0.1, 0.15) is 12.1 Å². The number of carbonyl (C=O) groups is 7. The van der Waals surface area contributed by atoms with E-state index in [0.29, 0.717) is 49.2 Å². The van der Waals surface area contributed by atoms with Crippen molar-refractivity contribution < 1.29 is 38.7 Å². The molecule has 1 heterocycles. The van der Waals surface area contributed by atoms with Crippen LogP contribution in [0.2, 0.25) is 0 Å². The molecule has 1 fully saturated rings. The first-order valence-corrected chi connectivity index (χ1v) is 20.1. The number of hydrogen-bond donors (Lipinski definition) is 7. The van der Waals surface area contributed by atoms with Gasteiger partial charge in [0.05, 0.1) is 12.0 Å². The highest BCUT2D eigenvalue weighted by Crippen LogP contribution is 2.29. The van der Waals surface area contributed by atoms with Gasteiger partial charge in [0.25, 0.3) is 0 Å². The average Bonchev–Trinajstić information content (AvgIpc) is 3.21. The fourth-order valence-electron chi connectivity index (χ4n) is 6.84. The molecule has 4 rings (SSSR count). The lowest BCUT2D eigenvalue weighted by Gasteiger charge is -2.37. The number of unbranched alkanes of at least 4 members (excludes halogenated alkanes) is 1. The minimum absolute atomic E-state index is 0.000477. The standard InChI is InChI=1S/C44H55N7O8/c1-30-12-4-5-14-35(30)50-43(59)47-34-21-18-32(19-22-34)28-39(54)48-36(15-6-9-27-46-38(53)23-20-33-13-11-26-45-29-33)41(57)49-37(16-10-17-40(55)56)42(58)51-44(31(2)52)24-7-3-8-25-44/h4-5,11-14,18-23,26,29,36-37H,3,6-10,15-17,24-25,27-28H2,1-2H3,(H,46,53)(H,48,54)(H,49,57)(H,51,58)(H,55,56)(H2,47,50,59)/b23-20+/t36-,37-/m0/s1. The molecule has 7 N–H and O–H groups in total. The Morgan fingerprint density at radius 3 is 2.20 bits per heavy atom. The van der Waals surface area contributed by atoms with Crippen LogP contribution in [0.15, 0.2) is 79.1 Å². The predicted molar refractivity (Wildman–Crippen MR) is 224 cm³/mol. The molecule has 0 saturated heterocycles. The van der Waals surface area contributed by atoms with E-state index in [0.717, 1.165) is 30.4 Å². The van der Waals surface area contributed by atoms with Crippen molar-refractivity contribution in [2.45, 2.75) is 109 Å². The number of ketones is 1. The van der Waals surface area contributed by atoms with E-state index < -0.39 is 47.3 Å². The fraction of sp³-hybridized carbons (Fsp3) is 0.409. The van der Waals surface area contributed by atoms with Crippen molar-refractivity contribution in [3.05, 3.63) is 95.8 Å². The van der Waals surface area contributed by atoms with Crippen LogP contribution >= 0.6 is 0 Å². The maximum atomic E-state index is 13.9. The van der Waals surface area contributed by atoms with Crippen molar-refractivity contribution in [1.29, 1.82) is 0 Å². The zero-order valence-corrected chi connectivity index (χ0v) is 33.7. The van der Waals surface area contributed by atoms with E-state index in [1.165, 1.54) is 13.0 Å². The second-order valence-corrected chi connectivity index (χ2v) is 14.8. The number of aromatic nitrogens is 1. The van der Waals surface area contributed by atoms with Gasteiger partial charge >= 0.3 is 12.0 Å². The van der Waals surface area contributed by atoms with Crippen molar-refractivity contribution >= 4 is 58.9 Å². The number of carboxylic acid groups (broad SMARTS) is 1. The number of carboxylic acids is 1. The molecule has 314 valence electrons. The highest BCUT2D eigenvalue weighted by atomic mass is 16.4. The van der Waals surface area contributed by atoms with E-state index in [9.17, 15) is 38.7 Å². The van der Waals surface area contributed by atoms with Crippen molar-refractivity contribution in [2.24, 2.45) is 0 Å². The third-order valence-electron chi connectivity index (χ3n) is 10.2. The fourth-order valence-corrected chi connectivity index (χ4v) is 6.84. The molecule has 1 aliphatic carbocycles. The first kappa shape index (κ1) is 45.3. The van der Waals surface area contributed by atoms with Crippen molar-refractivity contribution in [3.63, 3.8) is 0 Å². The summed E-state index contributed by atoms with van der Waals surface area (Å²) < 4.78 is 0. The number of pyridine rings is 1. The number of Topliss-reactive ketones (excluding diaryl/α,β-unsaturated/α-hetero) is 1. The molecule has 2 atom stereocenters. The number of hydrogen-bond acceptors (Lipinski definition) is 8. The second-order valence-electron chi connectivity index (χ2n) is 14.8. The molecule has 1 saturated carbocycles. The monoisotopic (exact) mass is 809 g/mol. The van der Waals surface area contributed by atoms with Crippen LogP contribution in [0, 0.1) is 6.92 Å². The minimum atomic E-state index is -1.16. The zero-order valence-electron chi connectivity index (χ0n) is 33.7. The Labute approximate surface area is 344 Å². The Balaban J connectivity index is 1.41. The molecule has 3 aromatic rings. The van der Waals surface area contributed by atoms with E-state index in [2.05, 4.69) is 36.9 Å². The van der Waals surface area contributed by atoms with Crippen molar-refractivity contribution in [3.8, 4) is 0 Å². The Morgan fingerprint density at radius 1 is 0.814 bits per heavy atom. The first-order chi connectivity index (χ1) is 28.3. The zero-order chi connectivity index (χ0) is 42.6.